The number of nitrogens with zero attached hydrogens (tertiary/aromatic N) is 2. The number of carbonyl (C=O) groups is 4. The number of sulfonamides is 1. The second kappa shape index (κ2) is 13.1. The highest BCUT2D eigenvalue weighted by Crippen LogP contribution is 2.49. The Morgan fingerprint density at radius 1 is 1.07 bits per heavy atom. The number of fused-ring (bicyclic) bond motifs is 5. The monoisotopic (exact) mass is 781 g/mol. The van der Waals surface area contributed by atoms with Crippen LogP contribution < -0.4 is 20.1 Å². The van der Waals surface area contributed by atoms with E-state index in [0.717, 1.165) is 42.1 Å². The van der Waals surface area contributed by atoms with Crippen molar-refractivity contribution in [3.63, 3.8) is 0 Å². The minimum Gasteiger partial charge on any atom is -0.483 e. The minimum atomic E-state index is -3.98. The second-order valence-corrected chi connectivity index (χ2v) is 19.5. The number of nitrogens with one attached hydrogen (secondary N) is 3. The average molecular weight is 782 g/mol. The number of halogens is 1. The first kappa shape index (κ1) is 37.0. The number of alkyl carbamates (subject to hydrolysis) is 1. The highest BCUT2D eigenvalue weighted by Gasteiger charge is 2.64. The third kappa shape index (κ3) is 6.82. The molecular formula is C39H48ClN5O8S. The summed E-state index contributed by atoms with van der Waals surface area (Å²) in [7, 11) is -3.98. The van der Waals surface area contributed by atoms with Crippen LogP contribution in [0.1, 0.15) is 102 Å². The zero-order chi connectivity index (χ0) is 38.3. The number of allylic oxidation sites excluding steroid dienone is 1. The third-order valence-electron chi connectivity index (χ3n) is 12.5. The lowest BCUT2D eigenvalue weighted by molar-refractivity contribution is -0.141. The van der Waals surface area contributed by atoms with E-state index in [0.29, 0.717) is 61.4 Å². The normalized spacial score (nSPS) is 31.7. The molecule has 1 aromatic heterocycles. The smallest absolute Gasteiger partial charge is 0.408 e. The maximum atomic E-state index is 14.7. The lowest BCUT2D eigenvalue weighted by Gasteiger charge is -2.36. The number of aromatic nitrogens is 1. The molecule has 5 atom stereocenters. The first-order chi connectivity index (χ1) is 25.5. The molecular weight excluding hydrogens is 734 g/mol. The number of rotatable bonds is 5. The molecule has 6 aliphatic rings. The van der Waals surface area contributed by atoms with Gasteiger partial charge in [-0.3, -0.25) is 19.1 Å². The number of hydrogen-bond donors (Lipinski definition) is 3. The van der Waals surface area contributed by atoms with Crippen LogP contribution in [0.5, 0.6) is 5.75 Å². The van der Waals surface area contributed by atoms with Crippen molar-refractivity contribution in [2.24, 2.45) is 5.92 Å². The topological polar surface area (TPSA) is 173 Å². The number of pyridine rings is 1. The summed E-state index contributed by atoms with van der Waals surface area (Å²) in [5.74, 6) is -1.62. The molecule has 290 valence electrons. The van der Waals surface area contributed by atoms with Crippen LogP contribution in [0.3, 0.4) is 0 Å². The van der Waals surface area contributed by atoms with Crippen molar-refractivity contribution < 1.29 is 37.1 Å². The van der Waals surface area contributed by atoms with Gasteiger partial charge in [0.05, 0.1) is 22.5 Å². The summed E-state index contributed by atoms with van der Waals surface area (Å²) in [6, 6.07) is 3.51. The molecule has 1 saturated heterocycles. The summed E-state index contributed by atoms with van der Waals surface area (Å²) in [5, 5.41) is 7.26. The van der Waals surface area contributed by atoms with E-state index >= 15 is 0 Å². The predicted molar refractivity (Wildman–Crippen MR) is 200 cm³/mol. The van der Waals surface area contributed by atoms with Crippen LogP contribution in [-0.2, 0) is 35.6 Å². The number of carbonyl (C=O) groups excluding carboxylic acids is 4. The molecule has 4 amide bonds. The Balaban J connectivity index is 1.13. The third-order valence-corrected chi connectivity index (χ3v) is 14.9. The van der Waals surface area contributed by atoms with Gasteiger partial charge in [-0.05, 0) is 97.1 Å². The van der Waals surface area contributed by atoms with Gasteiger partial charge in [-0.2, -0.15) is 0 Å². The molecule has 2 aromatic rings. The Labute approximate surface area is 320 Å². The summed E-state index contributed by atoms with van der Waals surface area (Å²) in [6.07, 6.45) is 10.3. The molecule has 4 fully saturated rings. The Kier molecular flexibility index (Phi) is 8.99. The summed E-state index contributed by atoms with van der Waals surface area (Å²) in [4.78, 5) is 62.6. The second-order valence-electron chi connectivity index (χ2n) is 16.9. The van der Waals surface area contributed by atoms with Crippen LogP contribution in [0, 0.1) is 12.8 Å². The van der Waals surface area contributed by atoms with Crippen LogP contribution in [0.25, 0.3) is 10.9 Å². The van der Waals surface area contributed by atoms with Gasteiger partial charge in [0.1, 0.15) is 34.6 Å². The first-order valence-electron chi connectivity index (χ1n) is 19.2. The molecule has 54 heavy (non-hydrogen) atoms. The largest absolute Gasteiger partial charge is 0.483 e. The molecule has 13 nitrogen and oxygen atoms in total. The molecule has 1 spiro atoms. The molecule has 3 aliphatic heterocycles. The van der Waals surface area contributed by atoms with E-state index in [2.05, 4.69) is 15.4 Å². The van der Waals surface area contributed by atoms with Gasteiger partial charge < -0.3 is 25.0 Å². The van der Waals surface area contributed by atoms with Crippen LogP contribution in [0.15, 0.2) is 30.4 Å². The average Bonchev–Trinajstić information content (AvgIpc) is 4.07. The molecule has 8 rings (SSSR count). The maximum absolute atomic E-state index is 14.7. The van der Waals surface area contributed by atoms with Crippen molar-refractivity contribution in [3.8, 4) is 5.75 Å². The van der Waals surface area contributed by atoms with Gasteiger partial charge in [0, 0.05) is 28.3 Å². The Hall–Kier alpha value is -3.91. The molecule has 0 unspecified atom stereocenters. The lowest BCUT2D eigenvalue weighted by atomic mass is 9.87. The SMILES string of the molecule is Cc1nc2cc(Cl)ccc2c2c1O[C@]1(CC2)C[C@H]2C(=O)N[C@]3(C(=O)NS(=O)(=O)C4(C)CC4)C[C@H]3/C=C\CCCCC[C@H](NC(=O)OC3(C)CC3)C(=O)N2C1. The summed E-state index contributed by atoms with van der Waals surface area (Å²) >= 11 is 6.28. The van der Waals surface area contributed by atoms with Crippen molar-refractivity contribution in [1.29, 1.82) is 0 Å². The summed E-state index contributed by atoms with van der Waals surface area (Å²) in [5.41, 5.74) is -0.643. The van der Waals surface area contributed by atoms with E-state index < -0.39 is 73.3 Å². The van der Waals surface area contributed by atoms with Crippen molar-refractivity contribution in [2.75, 3.05) is 6.54 Å². The van der Waals surface area contributed by atoms with Crippen molar-refractivity contribution >= 4 is 56.3 Å². The number of benzene rings is 1. The van der Waals surface area contributed by atoms with Gasteiger partial charge >= 0.3 is 6.09 Å². The number of amides is 4. The fourth-order valence-electron chi connectivity index (χ4n) is 8.34. The van der Waals surface area contributed by atoms with Crippen molar-refractivity contribution in [3.05, 3.63) is 46.6 Å². The highest BCUT2D eigenvalue weighted by molar-refractivity contribution is 7.91. The van der Waals surface area contributed by atoms with Gasteiger partial charge in [0.25, 0.3) is 5.91 Å². The Morgan fingerprint density at radius 2 is 1.85 bits per heavy atom. The number of ether oxygens (including phenoxy) is 2. The summed E-state index contributed by atoms with van der Waals surface area (Å²) in [6.45, 7) is 5.37. The van der Waals surface area contributed by atoms with Gasteiger partial charge in [-0.15, -0.1) is 0 Å². The molecule has 4 heterocycles. The molecule has 0 bridgehead atoms. The van der Waals surface area contributed by atoms with Crippen molar-refractivity contribution in [1.82, 2.24) is 25.2 Å². The van der Waals surface area contributed by atoms with E-state index in [-0.39, 0.29) is 19.4 Å². The summed E-state index contributed by atoms with van der Waals surface area (Å²) < 4.78 is 40.1. The Bertz CT molecular complexity index is 2080. The predicted octanol–water partition coefficient (Wildman–Crippen LogP) is 4.90. The maximum Gasteiger partial charge on any atom is 0.408 e. The lowest BCUT2D eigenvalue weighted by Crippen LogP contribution is -2.58. The highest BCUT2D eigenvalue weighted by atomic mass is 35.5. The van der Waals surface area contributed by atoms with E-state index in [4.69, 9.17) is 26.1 Å². The first-order valence-corrected chi connectivity index (χ1v) is 21.0. The quantitative estimate of drug-likeness (QED) is 0.357. The van der Waals surface area contributed by atoms with E-state index in [1.165, 1.54) is 4.90 Å². The minimum absolute atomic E-state index is 0.0572. The van der Waals surface area contributed by atoms with Crippen LogP contribution >= 0.6 is 11.6 Å². The number of hydrogen-bond acceptors (Lipinski definition) is 9. The standard InChI is InChI=1S/C39H48ClN5O8S/c1-23-31-27(26-12-11-25(40)19-29(26)41-23)13-14-38(52-31)21-30-32(46)43-39(34(48)44-54(50,51)37(3)17-18-37)20-24(39)9-7-5-4-6-8-10-28(33(47)45(30)22-38)42-35(49)53-36(2)15-16-36/h7,9,11-12,19,24,28,30H,4-6,8,10,13-18,20-22H2,1-3H3,(H,42,49)(H,43,46)(H,44,48)/b9-7-/t24-,28+,30+,38-,39-/m1/s1. The van der Waals surface area contributed by atoms with Crippen LogP contribution in [0.4, 0.5) is 4.79 Å². The van der Waals surface area contributed by atoms with Gasteiger partial charge in [0.2, 0.25) is 21.8 Å². The van der Waals surface area contributed by atoms with Gasteiger partial charge in [-0.1, -0.05) is 42.7 Å². The zero-order valence-corrected chi connectivity index (χ0v) is 32.5. The molecule has 3 saturated carbocycles. The van der Waals surface area contributed by atoms with Gasteiger partial charge in [-0.25, -0.2) is 18.2 Å². The molecule has 1 aromatic carbocycles. The molecule has 3 N–H and O–H groups in total. The van der Waals surface area contributed by atoms with Crippen LogP contribution in [-0.4, -0.2) is 82.2 Å². The fraction of sp³-hybridized carbons (Fsp3) is 0.615. The van der Waals surface area contributed by atoms with Crippen LogP contribution in [0.2, 0.25) is 5.02 Å². The molecule has 15 heteroatoms. The fourth-order valence-corrected chi connectivity index (χ4v) is 9.82. The van der Waals surface area contributed by atoms with Gasteiger partial charge in [0.15, 0.2) is 0 Å². The Morgan fingerprint density at radius 3 is 2.59 bits per heavy atom. The van der Waals surface area contributed by atoms with E-state index in [1.54, 1.807) is 6.92 Å². The van der Waals surface area contributed by atoms with E-state index in [1.807, 2.05) is 44.2 Å². The molecule has 0 radical (unpaired) electrons. The number of aryl methyl sites for hydroxylation is 2. The zero-order valence-electron chi connectivity index (χ0n) is 31.0. The molecule has 3 aliphatic carbocycles. The van der Waals surface area contributed by atoms with E-state index in [9.17, 15) is 27.6 Å². The van der Waals surface area contributed by atoms with Crippen molar-refractivity contribution in [2.45, 2.75) is 138 Å².